The third-order valence-corrected chi connectivity index (χ3v) is 9.54. The summed E-state index contributed by atoms with van der Waals surface area (Å²) in [6, 6.07) is 20.8. The van der Waals surface area contributed by atoms with Gasteiger partial charge in [-0.1, -0.05) is 30.7 Å². The molecule has 0 saturated carbocycles. The van der Waals surface area contributed by atoms with Crippen LogP contribution in [0.1, 0.15) is 68.3 Å². The zero-order valence-corrected chi connectivity index (χ0v) is 25.6. The van der Waals surface area contributed by atoms with E-state index in [0.717, 1.165) is 81.0 Å². The summed E-state index contributed by atoms with van der Waals surface area (Å²) < 4.78 is 6.08. The zero-order valence-electron chi connectivity index (χ0n) is 24.8. The van der Waals surface area contributed by atoms with Crippen molar-refractivity contribution in [2.75, 3.05) is 12.4 Å². The topological polar surface area (TPSA) is 96.4 Å². The molecule has 4 heterocycles. The van der Waals surface area contributed by atoms with Crippen LogP contribution >= 0.6 is 11.8 Å². The summed E-state index contributed by atoms with van der Waals surface area (Å²) in [7, 11) is 0. The third kappa shape index (κ3) is 10.1. The van der Waals surface area contributed by atoms with Crippen LogP contribution in [-0.2, 0) is 24.4 Å². The fraction of sp³-hybridized carbons (Fsp3) is 0.471. The average Bonchev–Trinajstić information content (AvgIpc) is 3.57. The molecule has 9 heteroatoms. The molecule has 0 bridgehead atoms. The maximum atomic E-state index is 12.4. The summed E-state index contributed by atoms with van der Waals surface area (Å²) in [6.07, 6.45) is 10.9. The Morgan fingerprint density at radius 1 is 0.860 bits per heavy atom. The second-order valence-corrected chi connectivity index (χ2v) is 12.8. The Kier molecular flexibility index (Phi) is 11.8. The predicted molar refractivity (Wildman–Crippen MR) is 171 cm³/mol. The van der Waals surface area contributed by atoms with Gasteiger partial charge in [0.2, 0.25) is 0 Å². The summed E-state index contributed by atoms with van der Waals surface area (Å²) in [5.41, 5.74) is 3.25. The maximum Gasteiger partial charge on any atom is 0.315 e. The lowest BCUT2D eigenvalue weighted by atomic mass is 10.0. The van der Waals surface area contributed by atoms with Crippen LogP contribution in [0.5, 0.6) is 5.75 Å². The highest BCUT2D eigenvalue weighted by Crippen LogP contribution is 2.33. The number of benzene rings is 1. The van der Waals surface area contributed by atoms with Gasteiger partial charge in [-0.3, -0.25) is 19.7 Å². The first-order chi connectivity index (χ1) is 21.1. The third-order valence-electron chi connectivity index (χ3n) is 8.03. The number of hydrogen-bond acceptors (Lipinski definition) is 7. The molecule has 1 unspecified atom stereocenters. The van der Waals surface area contributed by atoms with Gasteiger partial charge in [0.15, 0.2) is 0 Å². The normalized spacial score (nSPS) is 19.2. The molecule has 2 saturated heterocycles. The van der Waals surface area contributed by atoms with E-state index in [0.29, 0.717) is 30.5 Å². The number of amides is 2. The number of fused-ring (bicyclic) bond motifs is 1. The number of unbranched alkanes of at least 4 members (excludes halogenated alkanes) is 3. The molecule has 2 fully saturated rings. The Morgan fingerprint density at radius 2 is 1.60 bits per heavy atom. The van der Waals surface area contributed by atoms with Crippen LogP contribution in [0.3, 0.4) is 0 Å². The molecule has 2 amide bonds. The van der Waals surface area contributed by atoms with Crippen molar-refractivity contribution in [3.05, 3.63) is 90.0 Å². The van der Waals surface area contributed by atoms with Crippen LogP contribution in [0.15, 0.2) is 73.1 Å². The van der Waals surface area contributed by atoms with E-state index < -0.39 is 0 Å². The zero-order chi connectivity index (χ0) is 29.7. The minimum absolute atomic E-state index is 0.0364. The van der Waals surface area contributed by atoms with Crippen LogP contribution in [0.2, 0.25) is 0 Å². The van der Waals surface area contributed by atoms with Gasteiger partial charge in [0.05, 0.1) is 30.1 Å². The Balaban J connectivity index is 0.965. The SMILES string of the molecule is O=C(CCCCCOc1cccc(CN(Cc2ccccn2)Cc2ccccn2)c1)CCCCC1SC[C@H]2NC(=O)N[C@@H]12. The number of thioether (sulfide) groups is 1. The van der Waals surface area contributed by atoms with E-state index in [4.69, 9.17) is 4.74 Å². The molecule has 3 aromatic rings. The van der Waals surface area contributed by atoms with Crippen LogP contribution in [0.25, 0.3) is 0 Å². The van der Waals surface area contributed by atoms with Gasteiger partial charge in [0.1, 0.15) is 11.5 Å². The summed E-state index contributed by atoms with van der Waals surface area (Å²) in [5, 5.41) is 6.50. The lowest BCUT2D eigenvalue weighted by Gasteiger charge is -2.22. The first-order valence-electron chi connectivity index (χ1n) is 15.6. The molecule has 228 valence electrons. The Bertz CT molecular complexity index is 1250. The number of aromatic nitrogens is 2. The Morgan fingerprint density at radius 3 is 2.33 bits per heavy atom. The minimum Gasteiger partial charge on any atom is -0.494 e. The number of urea groups is 1. The second-order valence-electron chi connectivity index (χ2n) is 11.5. The number of rotatable bonds is 18. The van der Waals surface area contributed by atoms with Crippen LogP contribution in [-0.4, -0.2) is 56.4 Å². The van der Waals surface area contributed by atoms with Gasteiger partial charge in [0, 0.05) is 55.9 Å². The van der Waals surface area contributed by atoms with Crippen molar-refractivity contribution < 1.29 is 14.3 Å². The van der Waals surface area contributed by atoms with Gasteiger partial charge in [-0.05, 0) is 74.1 Å². The van der Waals surface area contributed by atoms with Gasteiger partial charge in [-0.2, -0.15) is 11.8 Å². The number of nitrogens with zero attached hydrogens (tertiary/aromatic N) is 3. The van der Waals surface area contributed by atoms with Crippen molar-refractivity contribution in [1.82, 2.24) is 25.5 Å². The first-order valence-corrected chi connectivity index (χ1v) is 16.6. The summed E-state index contributed by atoms with van der Waals surface area (Å²) >= 11 is 1.94. The molecular formula is C34H43N5O3S. The lowest BCUT2D eigenvalue weighted by molar-refractivity contribution is -0.119. The molecule has 0 aliphatic carbocycles. The minimum atomic E-state index is -0.0364. The van der Waals surface area contributed by atoms with E-state index in [2.05, 4.69) is 49.8 Å². The highest BCUT2D eigenvalue weighted by Gasteiger charge is 2.42. The Labute approximate surface area is 259 Å². The standard InChI is InChI=1S/C34H43N5O3S/c40-29(15-3-4-17-32-33-31(25-43-32)37-34(41)38-33)14-2-1-9-20-42-30-16-10-11-26(21-30)22-39(23-27-12-5-7-18-35-27)24-28-13-6-8-19-36-28/h5-8,10-13,16,18-19,21,31-33H,1-4,9,14-15,17,20,22-25H2,(H2,37,38,41)/t31-,32?,33-/m1/s1. The van der Waals surface area contributed by atoms with Gasteiger partial charge in [-0.25, -0.2) is 4.79 Å². The predicted octanol–water partition coefficient (Wildman–Crippen LogP) is 5.91. The van der Waals surface area contributed by atoms with E-state index in [1.54, 1.807) is 0 Å². The first kappa shape index (κ1) is 31.0. The van der Waals surface area contributed by atoms with Crippen molar-refractivity contribution in [3.63, 3.8) is 0 Å². The number of pyridine rings is 2. The van der Waals surface area contributed by atoms with E-state index in [1.807, 2.05) is 60.6 Å². The van der Waals surface area contributed by atoms with Crippen molar-refractivity contribution >= 4 is 23.6 Å². The fourth-order valence-corrected chi connectivity index (χ4v) is 7.37. The van der Waals surface area contributed by atoms with Gasteiger partial charge >= 0.3 is 6.03 Å². The van der Waals surface area contributed by atoms with E-state index >= 15 is 0 Å². The number of hydrogen-bond donors (Lipinski definition) is 2. The molecule has 5 rings (SSSR count). The van der Waals surface area contributed by atoms with Gasteiger partial charge in [0.25, 0.3) is 0 Å². The smallest absolute Gasteiger partial charge is 0.315 e. The lowest BCUT2D eigenvalue weighted by Crippen LogP contribution is -2.36. The van der Waals surface area contributed by atoms with Crippen molar-refractivity contribution in [1.29, 1.82) is 0 Å². The second kappa shape index (κ2) is 16.4. The molecule has 2 N–H and O–H groups in total. The van der Waals surface area contributed by atoms with Crippen molar-refractivity contribution in [2.24, 2.45) is 0 Å². The maximum absolute atomic E-state index is 12.4. The van der Waals surface area contributed by atoms with E-state index in [1.165, 1.54) is 5.56 Å². The largest absolute Gasteiger partial charge is 0.494 e. The van der Waals surface area contributed by atoms with Crippen molar-refractivity contribution in [2.45, 2.75) is 88.3 Å². The van der Waals surface area contributed by atoms with Crippen molar-refractivity contribution in [3.8, 4) is 5.75 Å². The molecule has 1 aromatic carbocycles. The fourth-order valence-electron chi connectivity index (χ4n) is 5.83. The summed E-state index contributed by atoms with van der Waals surface area (Å²) in [4.78, 5) is 35.3. The number of carbonyl (C=O) groups is 2. The molecule has 3 atom stereocenters. The molecule has 2 aliphatic rings. The number of Topliss-reactive ketones (excluding diaryl/α,β-unsaturated/α-hetero) is 1. The van der Waals surface area contributed by atoms with Gasteiger partial charge < -0.3 is 15.4 Å². The quantitative estimate of drug-likeness (QED) is 0.138. The van der Waals surface area contributed by atoms with E-state index in [9.17, 15) is 9.59 Å². The highest BCUT2D eigenvalue weighted by molar-refractivity contribution is 8.00. The number of carbonyl (C=O) groups excluding carboxylic acids is 2. The monoisotopic (exact) mass is 601 g/mol. The number of ketones is 1. The van der Waals surface area contributed by atoms with E-state index in [-0.39, 0.29) is 18.1 Å². The number of nitrogens with one attached hydrogen (secondary N) is 2. The molecular weight excluding hydrogens is 558 g/mol. The van der Waals surface area contributed by atoms with Crippen LogP contribution < -0.4 is 15.4 Å². The molecule has 43 heavy (non-hydrogen) atoms. The molecule has 2 aromatic heterocycles. The number of ether oxygens (including phenoxy) is 1. The van der Waals surface area contributed by atoms with Gasteiger partial charge in [-0.15, -0.1) is 0 Å². The van der Waals surface area contributed by atoms with Crippen LogP contribution in [0.4, 0.5) is 4.79 Å². The summed E-state index contributed by atoms with van der Waals surface area (Å²) in [6.45, 7) is 2.88. The average molecular weight is 602 g/mol. The Hall–Kier alpha value is -3.43. The summed E-state index contributed by atoms with van der Waals surface area (Å²) in [5.74, 6) is 2.23. The van der Waals surface area contributed by atoms with Crippen LogP contribution in [0, 0.1) is 0 Å². The molecule has 8 nitrogen and oxygen atoms in total. The molecule has 2 aliphatic heterocycles. The highest BCUT2D eigenvalue weighted by atomic mass is 32.2. The molecule has 0 radical (unpaired) electrons. The molecule has 0 spiro atoms.